The number of nitrogens with one attached hydrogen (secondary N) is 3. The molecule has 0 bridgehead atoms. The molecule has 30 heavy (non-hydrogen) atoms. The maximum atomic E-state index is 12.5. The second-order valence-electron chi connectivity index (χ2n) is 7.03. The fraction of sp³-hybridized carbons (Fsp3) is 0.190. The number of aromatic nitrogens is 1. The SMILES string of the molecule is O=C(CNC(=O)c1c[nH]c2ccccc2c1=O)NC1CCS(=O)(=O)c2ccccc21. The van der Waals surface area contributed by atoms with Gasteiger partial charge in [0, 0.05) is 17.1 Å². The van der Waals surface area contributed by atoms with Crippen LogP contribution in [0.15, 0.2) is 64.4 Å². The van der Waals surface area contributed by atoms with Crippen LogP contribution >= 0.6 is 0 Å². The molecule has 0 saturated carbocycles. The molecule has 9 heteroatoms. The number of hydrogen-bond donors (Lipinski definition) is 3. The summed E-state index contributed by atoms with van der Waals surface area (Å²) in [5, 5.41) is 5.59. The van der Waals surface area contributed by atoms with E-state index in [1.807, 2.05) is 0 Å². The van der Waals surface area contributed by atoms with Gasteiger partial charge in [0.1, 0.15) is 5.56 Å². The quantitative estimate of drug-likeness (QED) is 0.581. The van der Waals surface area contributed by atoms with Gasteiger partial charge in [-0.1, -0.05) is 30.3 Å². The molecule has 4 rings (SSSR count). The zero-order valence-corrected chi connectivity index (χ0v) is 16.7. The molecule has 8 nitrogen and oxygen atoms in total. The number of carbonyl (C=O) groups is 2. The van der Waals surface area contributed by atoms with Gasteiger partial charge in [0.15, 0.2) is 9.84 Å². The molecule has 0 spiro atoms. The molecule has 0 saturated heterocycles. The molecule has 0 radical (unpaired) electrons. The van der Waals surface area contributed by atoms with Crippen molar-refractivity contribution in [3.05, 3.63) is 76.1 Å². The third kappa shape index (κ3) is 3.71. The number of amides is 2. The summed E-state index contributed by atoms with van der Waals surface area (Å²) in [4.78, 5) is 40.4. The Morgan fingerprint density at radius 2 is 1.80 bits per heavy atom. The minimum absolute atomic E-state index is 0.0617. The lowest BCUT2D eigenvalue weighted by Crippen LogP contribution is -2.41. The predicted molar refractivity (Wildman–Crippen MR) is 111 cm³/mol. The molecule has 1 aromatic heterocycles. The molecule has 2 heterocycles. The highest BCUT2D eigenvalue weighted by Gasteiger charge is 2.30. The molecule has 0 aliphatic carbocycles. The Bertz CT molecular complexity index is 1310. The highest BCUT2D eigenvalue weighted by molar-refractivity contribution is 7.91. The van der Waals surface area contributed by atoms with Gasteiger partial charge < -0.3 is 15.6 Å². The Morgan fingerprint density at radius 1 is 1.07 bits per heavy atom. The number of pyridine rings is 1. The molecule has 1 aliphatic rings. The van der Waals surface area contributed by atoms with E-state index in [2.05, 4.69) is 15.6 Å². The maximum Gasteiger partial charge on any atom is 0.257 e. The van der Waals surface area contributed by atoms with Crippen molar-refractivity contribution in [1.82, 2.24) is 15.6 Å². The predicted octanol–water partition coefficient (Wildman–Crippen LogP) is 1.29. The van der Waals surface area contributed by atoms with Crippen molar-refractivity contribution in [2.24, 2.45) is 0 Å². The van der Waals surface area contributed by atoms with Gasteiger partial charge in [-0.25, -0.2) is 8.42 Å². The topological polar surface area (TPSA) is 125 Å². The zero-order valence-electron chi connectivity index (χ0n) is 15.8. The third-order valence-corrected chi connectivity index (χ3v) is 6.90. The molecule has 2 amide bonds. The minimum Gasteiger partial charge on any atom is -0.360 e. The zero-order chi connectivity index (χ0) is 21.3. The van der Waals surface area contributed by atoms with Crippen LogP contribution in [0.1, 0.15) is 28.4 Å². The number of carbonyl (C=O) groups excluding carboxylic acids is 2. The number of hydrogen-bond acceptors (Lipinski definition) is 5. The van der Waals surface area contributed by atoms with E-state index in [1.54, 1.807) is 42.5 Å². The van der Waals surface area contributed by atoms with Gasteiger partial charge in [-0.05, 0) is 30.2 Å². The summed E-state index contributed by atoms with van der Waals surface area (Å²) in [7, 11) is -3.35. The summed E-state index contributed by atoms with van der Waals surface area (Å²) in [5.41, 5.74) is 0.640. The highest BCUT2D eigenvalue weighted by Crippen LogP contribution is 2.31. The summed E-state index contributed by atoms with van der Waals surface area (Å²) in [6, 6.07) is 12.9. The Morgan fingerprint density at radius 3 is 2.63 bits per heavy atom. The van der Waals surface area contributed by atoms with Crippen molar-refractivity contribution in [3.63, 3.8) is 0 Å². The van der Waals surface area contributed by atoms with Gasteiger partial charge >= 0.3 is 0 Å². The lowest BCUT2D eigenvalue weighted by Gasteiger charge is -2.26. The largest absolute Gasteiger partial charge is 0.360 e. The summed E-state index contributed by atoms with van der Waals surface area (Å²) in [6.45, 7) is -0.337. The molecule has 3 aromatic rings. The van der Waals surface area contributed by atoms with Crippen LogP contribution in [-0.4, -0.2) is 37.5 Å². The van der Waals surface area contributed by atoms with Crippen LogP contribution in [0, 0.1) is 0 Å². The standard InChI is InChI=1S/C21H19N3O5S/c25-19(24-17-9-10-30(28,29)18-8-4-2-5-13(17)18)12-23-21(27)15-11-22-16-7-3-1-6-14(16)20(15)26/h1-8,11,17H,9-10,12H2,(H,22,26)(H,23,27)(H,24,25). The fourth-order valence-electron chi connectivity index (χ4n) is 3.58. The minimum atomic E-state index is -3.35. The van der Waals surface area contributed by atoms with Crippen molar-refractivity contribution in [2.75, 3.05) is 12.3 Å². The smallest absolute Gasteiger partial charge is 0.257 e. The number of H-pyrrole nitrogens is 1. The van der Waals surface area contributed by atoms with Crippen LogP contribution in [0.3, 0.4) is 0 Å². The van der Waals surface area contributed by atoms with E-state index in [0.29, 0.717) is 16.5 Å². The molecule has 2 aromatic carbocycles. The van der Waals surface area contributed by atoms with E-state index >= 15 is 0 Å². The molecular formula is C21H19N3O5S. The Kier molecular flexibility index (Phi) is 5.13. The Labute approximate surface area is 172 Å². The van der Waals surface area contributed by atoms with Gasteiger partial charge in [-0.2, -0.15) is 0 Å². The van der Waals surface area contributed by atoms with E-state index in [-0.39, 0.29) is 29.2 Å². The second kappa shape index (κ2) is 7.75. The van der Waals surface area contributed by atoms with Gasteiger partial charge in [0.2, 0.25) is 11.3 Å². The van der Waals surface area contributed by atoms with Crippen LogP contribution < -0.4 is 16.1 Å². The Balaban J connectivity index is 1.44. The molecule has 1 aliphatic heterocycles. The van der Waals surface area contributed by atoms with Crippen LogP contribution in [-0.2, 0) is 14.6 Å². The lowest BCUT2D eigenvalue weighted by atomic mass is 10.0. The maximum absolute atomic E-state index is 12.5. The van der Waals surface area contributed by atoms with Crippen LogP contribution in [0.2, 0.25) is 0 Å². The first-order valence-corrected chi connectivity index (χ1v) is 11.0. The summed E-state index contributed by atoms with van der Waals surface area (Å²) in [5.74, 6) is -1.20. The molecule has 0 fully saturated rings. The Hall–Kier alpha value is -3.46. The monoisotopic (exact) mass is 425 g/mol. The summed E-state index contributed by atoms with van der Waals surface area (Å²) in [6.07, 6.45) is 1.57. The average molecular weight is 425 g/mol. The van der Waals surface area contributed by atoms with Gasteiger partial charge in [0.25, 0.3) is 5.91 Å². The normalized spacial score (nSPS) is 17.1. The molecule has 3 N–H and O–H groups in total. The number of fused-ring (bicyclic) bond motifs is 2. The van der Waals surface area contributed by atoms with E-state index < -0.39 is 33.1 Å². The fourth-order valence-corrected chi connectivity index (χ4v) is 5.20. The van der Waals surface area contributed by atoms with E-state index in [9.17, 15) is 22.8 Å². The van der Waals surface area contributed by atoms with Crippen LogP contribution in [0.4, 0.5) is 0 Å². The van der Waals surface area contributed by atoms with Crippen molar-refractivity contribution in [1.29, 1.82) is 0 Å². The molecule has 1 atom stereocenters. The number of rotatable bonds is 4. The molecule has 154 valence electrons. The number of aromatic amines is 1. The average Bonchev–Trinajstić information content (AvgIpc) is 2.75. The number of para-hydroxylation sites is 1. The van der Waals surface area contributed by atoms with E-state index in [4.69, 9.17) is 0 Å². The van der Waals surface area contributed by atoms with Crippen molar-refractivity contribution >= 4 is 32.6 Å². The highest BCUT2D eigenvalue weighted by atomic mass is 32.2. The molecular weight excluding hydrogens is 406 g/mol. The first-order chi connectivity index (χ1) is 14.4. The number of sulfone groups is 1. The number of benzene rings is 2. The molecule has 1 unspecified atom stereocenters. The summed E-state index contributed by atoms with van der Waals surface area (Å²) < 4.78 is 24.4. The van der Waals surface area contributed by atoms with Gasteiger partial charge in [0.05, 0.1) is 23.2 Å². The van der Waals surface area contributed by atoms with Crippen LogP contribution in [0.25, 0.3) is 10.9 Å². The van der Waals surface area contributed by atoms with Crippen molar-refractivity contribution in [2.45, 2.75) is 17.4 Å². The van der Waals surface area contributed by atoms with Crippen molar-refractivity contribution < 1.29 is 18.0 Å². The van der Waals surface area contributed by atoms with Gasteiger partial charge in [-0.15, -0.1) is 0 Å². The van der Waals surface area contributed by atoms with E-state index in [1.165, 1.54) is 12.3 Å². The first kappa shape index (κ1) is 19.8. The van der Waals surface area contributed by atoms with Crippen LogP contribution in [0.5, 0.6) is 0 Å². The first-order valence-electron chi connectivity index (χ1n) is 9.36. The van der Waals surface area contributed by atoms with Crippen molar-refractivity contribution in [3.8, 4) is 0 Å². The summed E-state index contributed by atoms with van der Waals surface area (Å²) >= 11 is 0. The second-order valence-corrected chi connectivity index (χ2v) is 9.10. The lowest BCUT2D eigenvalue weighted by molar-refractivity contribution is -0.120. The van der Waals surface area contributed by atoms with Gasteiger partial charge in [-0.3, -0.25) is 14.4 Å². The van der Waals surface area contributed by atoms with E-state index in [0.717, 1.165) is 0 Å². The third-order valence-electron chi connectivity index (χ3n) is 5.08.